The Hall–Kier alpha value is -1.39. The quantitative estimate of drug-likeness (QED) is 0.411. The number of aliphatic hydroxyl groups is 1. The van der Waals surface area contributed by atoms with Gasteiger partial charge in [0.15, 0.2) is 0 Å². The van der Waals surface area contributed by atoms with Crippen molar-refractivity contribution < 1.29 is 19.7 Å². The maximum atomic E-state index is 12.5. The Labute approximate surface area is 152 Å². The fraction of sp³-hybridized carbons (Fsp3) is 0.667. The maximum absolute atomic E-state index is 12.5. The topological polar surface area (TPSA) is 55.8 Å². The van der Waals surface area contributed by atoms with Gasteiger partial charge < -0.3 is 5.11 Å². The summed E-state index contributed by atoms with van der Waals surface area (Å²) in [5, 5.41) is 8.74. The zero-order valence-corrected chi connectivity index (χ0v) is 16.6. The van der Waals surface area contributed by atoms with Crippen molar-refractivity contribution in [2.24, 2.45) is 0 Å². The third-order valence-corrected chi connectivity index (χ3v) is 4.11. The van der Waals surface area contributed by atoms with Crippen LogP contribution in [-0.2, 0) is 20.6 Å². The molecule has 0 heterocycles. The van der Waals surface area contributed by atoms with Crippen molar-refractivity contribution in [2.45, 2.75) is 78.1 Å². The van der Waals surface area contributed by atoms with Gasteiger partial charge >= 0.3 is 5.97 Å². The van der Waals surface area contributed by atoms with Crippen molar-refractivity contribution in [1.29, 1.82) is 0 Å². The van der Waals surface area contributed by atoms with Gasteiger partial charge in [-0.1, -0.05) is 66.5 Å². The molecular weight excluding hydrogens is 316 g/mol. The van der Waals surface area contributed by atoms with Crippen LogP contribution in [0.15, 0.2) is 18.2 Å². The molecule has 1 rings (SSSR count). The number of rotatable bonds is 8. The summed E-state index contributed by atoms with van der Waals surface area (Å²) in [7, 11) is 0. The summed E-state index contributed by atoms with van der Waals surface area (Å²) in [5.74, 6) is -0.439. The monoisotopic (exact) mass is 350 g/mol. The van der Waals surface area contributed by atoms with Crippen LogP contribution in [0.4, 0.5) is 0 Å². The van der Waals surface area contributed by atoms with Crippen molar-refractivity contribution in [3.63, 3.8) is 0 Å². The molecule has 4 nitrogen and oxygen atoms in total. The van der Waals surface area contributed by atoms with E-state index in [9.17, 15) is 4.79 Å². The molecule has 0 aromatic heterocycles. The molecule has 0 amide bonds. The smallest absolute Gasteiger partial charge is 0.373 e. The Kier molecular flexibility index (Phi) is 8.10. The lowest BCUT2D eigenvalue weighted by Gasteiger charge is -2.31. The number of carbonyl (C=O) groups is 1. The van der Waals surface area contributed by atoms with Crippen LogP contribution in [0, 0.1) is 0 Å². The summed E-state index contributed by atoms with van der Waals surface area (Å²) in [6, 6.07) is 5.80. The first kappa shape index (κ1) is 21.7. The van der Waals surface area contributed by atoms with E-state index < -0.39 is 5.97 Å². The van der Waals surface area contributed by atoms with Gasteiger partial charge in [0.25, 0.3) is 0 Å². The van der Waals surface area contributed by atoms with Crippen LogP contribution in [0.3, 0.4) is 0 Å². The van der Waals surface area contributed by atoms with E-state index in [0.29, 0.717) is 12.2 Å². The molecule has 142 valence electrons. The van der Waals surface area contributed by atoms with E-state index in [1.165, 1.54) is 0 Å². The minimum atomic E-state index is -0.439. The lowest BCUT2D eigenvalue weighted by Crippen LogP contribution is -2.26. The molecule has 1 aromatic carbocycles. The predicted octanol–water partition coefficient (Wildman–Crippen LogP) is 4.92. The third kappa shape index (κ3) is 6.79. The van der Waals surface area contributed by atoms with Crippen LogP contribution in [0.5, 0.6) is 0 Å². The lowest BCUT2D eigenvalue weighted by atomic mass is 9.73. The highest BCUT2D eigenvalue weighted by atomic mass is 17.2. The van der Waals surface area contributed by atoms with Gasteiger partial charge in [-0.2, -0.15) is 4.89 Å². The number of benzene rings is 1. The number of unbranched alkanes of at least 4 members (excludes halogenated alkanes) is 3. The molecule has 0 aliphatic heterocycles. The largest absolute Gasteiger partial charge is 0.396 e. The van der Waals surface area contributed by atoms with Crippen LogP contribution in [-0.4, -0.2) is 24.3 Å². The Morgan fingerprint density at radius 1 is 0.960 bits per heavy atom. The summed E-state index contributed by atoms with van der Waals surface area (Å²) in [5.41, 5.74) is 2.49. The lowest BCUT2D eigenvalue weighted by molar-refractivity contribution is -0.241. The molecule has 0 aliphatic carbocycles. The number of hydrogen-bond acceptors (Lipinski definition) is 4. The van der Waals surface area contributed by atoms with Gasteiger partial charge in [-0.05, 0) is 40.9 Å². The Morgan fingerprint density at radius 2 is 1.60 bits per heavy atom. The molecule has 0 spiro atoms. The summed E-state index contributed by atoms with van der Waals surface area (Å²) < 4.78 is 0. The molecule has 0 radical (unpaired) electrons. The highest BCUT2D eigenvalue weighted by Crippen LogP contribution is 2.36. The Morgan fingerprint density at radius 3 is 2.16 bits per heavy atom. The molecule has 0 aliphatic rings. The average Bonchev–Trinajstić information content (AvgIpc) is 2.51. The number of hydrogen-bond donors (Lipinski definition) is 1. The molecule has 1 aromatic rings. The predicted molar refractivity (Wildman–Crippen MR) is 101 cm³/mol. The van der Waals surface area contributed by atoms with Crippen LogP contribution in [0.2, 0.25) is 0 Å². The van der Waals surface area contributed by atoms with E-state index in [1.54, 1.807) is 0 Å². The zero-order chi connectivity index (χ0) is 19.1. The first-order valence-electron chi connectivity index (χ1n) is 9.17. The first-order valence-corrected chi connectivity index (χ1v) is 9.17. The zero-order valence-electron chi connectivity index (χ0n) is 16.6. The minimum absolute atomic E-state index is 0.0630. The number of carbonyl (C=O) groups excluding carboxylic acids is 1. The van der Waals surface area contributed by atoms with E-state index in [2.05, 4.69) is 47.6 Å². The first-order chi connectivity index (χ1) is 11.6. The molecule has 0 atom stereocenters. The van der Waals surface area contributed by atoms with Crippen LogP contribution < -0.4 is 0 Å². The maximum Gasteiger partial charge on any atom is 0.373 e. The van der Waals surface area contributed by atoms with Gasteiger partial charge in [-0.25, -0.2) is 4.79 Å². The molecule has 0 unspecified atom stereocenters. The molecule has 0 saturated heterocycles. The molecule has 0 saturated carbocycles. The number of aliphatic hydroxyl groups excluding tert-OH is 1. The molecule has 25 heavy (non-hydrogen) atoms. The van der Waals surface area contributed by atoms with E-state index in [-0.39, 0.29) is 17.4 Å². The fourth-order valence-electron chi connectivity index (χ4n) is 2.92. The van der Waals surface area contributed by atoms with Crippen molar-refractivity contribution in [1.82, 2.24) is 0 Å². The average molecular weight is 350 g/mol. The van der Waals surface area contributed by atoms with Gasteiger partial charge in [0.1, 0.15) is 0 Å². The fourth-order valence-corrected chi connectivity index (χ4v) is 2.92. The van der Waals surface area contributed by atoms with Gasteiger partial charge in [0, 0.05) is 6.61 Å². The van der Waals surface area contributed by atoms with Gasteiger partial charge in [0.05, 0.1) is 12.2 Å². The van der Waals surface area contributed by atoms with Crippen molar-refractivity contribution in [2.75, 3.05) is 13.2 Å². The van der Waals surface area contributed by atoms with Crippen LogP contribution in [0.25, 0.3) is 0 Å². The van der Waals surface area contributed by atoms with Gasteiger partial charge in [0.2, 0.25) is 0 Å². The standard InChI is InChI=1S/C21H34O4/c1-20(2,3)17-13-11-12-16(18(17)21(4,5)6)19(23)25-24-15-10-8-7-9-14-22/h11-13,22H,7-10,14-15H2,1-6H3. The van der Waals surface area contributed by atoms with E-state index >= 15 is 0 Å². The van der Waals surface area contributed by atoms with Gasteiger partial charge in [-0.3, -0.25) is 4.89 Å². The SMILES string of the molecule is CC(C)(C)c1cccc(C(=O)OOCCCCCCO)c1C(C)(C)C. The minimum Gasteiger partial charge on any atom is -0.396 e. The molecule has 0 bridgehead atoms. The van der Waals surface area contributed by atoms with E-state index in [0.717, 1.165) is 36.8 Å². The molecule has 4 heteroatoms. The van der Waals surface area contributed by atoms with Crippen molar-refractivity contribution >= 4 is 5.97 Å². The van der Waals surface area contributed by atoms with E-state index in [1.807, 2.05) is 12.1 Å². The summed E-state index contributed by atoms with van der Waals surface area (Å²) >= 11 is 0. The van der Waals surface area contributed by atoms with E-state index in [4.69, 9.17) is 14.9 Å². The summed E-state index contributed by atoms with van der Waals surface area (Å²) in [6.07, 6.45) is 3.51. The Bertz CT molecular complexity index is 550. The molecular formula is C21H34O4. The second kappa shape index (κ2) is 9.35. The van der Waals surface area contributed by atoms with Crippen LogP contribution in [0.1, 0.15) is 88.7 Å². The third-order valence-electron chi connectivity index (χ3n) is 4.11. The second-order valence-corrected chi connectivity index (χ2v) is 8.56. The summed E-state index contributed by atoms with van der Waals surface area (Å²) in [6.45, 7) is 13.4. The van der Waals surface area contributed by atoms with Crippen LogP contribution >= 0.6 is 0 Å². The van der Waals surface area contributed by atoms with Crippen molar-refractivity contribution in [3.8, 4) is 0 Å². The Balaban J connectivity index is 2.82. The normalized spacial score (nSPS) is 12.3. The highest BCUT2D eigenvalue weighted by Gasteiger charge is 2.30. The van der Waals surface area contributed by atoms with Gasteiger partial charge in [-0.15, -0.1) is 0 Å². The molecule has 1 N–H and O–H groups in total. The second-order valence-electron chi connectivity index (χ2n) is 8.56. The molecule has 0 fully saturated rings. The van der Waals surface area contributed by atoms with Crippen molar-refractivity contribution in [3.05, 3.63) is 34.9 Å². The summed E-state index contributed by atoms with van der Waals surface area (Å²) in [4.78, 5) is 22.7. The highest BCUT2D eigenvalue weighted by molar-refractivity contribution is 5.91.